The Morgan fingerprint density at radius 2 is 2.18 bits per heavy atom. The van der Waals surface area contributed by atoms with E-state index < -0.39 is 0 Å². The average molecular weight is 156 g/mol. The van der Waals surface area contributed by atoms with E-state index in [2.05, 4.69) is 12.3 Å². The van der Waals surface area contributed by atoms with E-state index in [0.29, 0.717) is 6.61 Å². The van der Waals surface area contributed by atoms with Crippen LogP contribution in [0.25, 0.3) is 0 Å². The van der Waals surface area contributed by atoms with E-state index in [0.717, 1.165) is 6.42 Å². The molecular weight excluding hydrogens is 140 g/mol. The molecule has 0 atom stereocenters. The van der Waals surface area contributed by atoms with Gasteiger partial charge in [-0.3, -0.25) is 0 Å². The molecule has 0 aliphatic carbocycles. The highest BCUT2D eigenvalue weighted by Gasteiger charge is 2.15. The van der Waals surface area contributed by atoms with E-state index in [-0.39, 0.29) is 5.60 Å². The number of hydrogen-bond acceptors (Lipinski definition) is 2. The molecule has 0 saturated carbocycles. The Balaban J connectivity index is 3.45. The molecule has 0 rings (SSSR count). The summed E-state index contributed by atoms with van der Waals surface area (Å²) in [6.45, 7) is 8.06. The molecular formula is C9H16O2. The highest BCUT2D eigenvalue weighted by Crippen LogP contribution is 2.12. The molecule has 64 valence electrons. The minimum Gasteiger partial charge on any atom is -0.493 e. The summed E-state index contributed by atoms with van der Waals surface area (Å²) < 4.78 is 10.2. The average Bonchev–Trinajstić information content (AvgIpc) is 1.99. The van der Waals surface area contributed by atoms with Gasteiger partial charge < -0.3 is 9.47 Å². The van der Waals surface area contributed by atoms with Crippen LogP contribution >= 0.6 is 0 Å². The van der Waals surface area contributed by atoms with Crippen molar-refractivity contribution in [2.75, 3.05) is 13.7 Å². The van der Waals surface area contributed by atoms with Crippen molar-refractivity contribution in [3.63, 3.8) is 0 Å². The van der Waals surface area contributed by atoms with Crippen molar-refractivity contribution in [1.82, 2.24) is 0 Å². The smallest absolute Gasteiger partial charge is 0.124 e. The molecule has 11 heavy (non-hydrogen) atoms. The van der Waals surface area contributed by atoms with Gasteiger partial charge in [0.15, 0.2) is 0 Å². The van der Waals surface area contributed by atoms with Crippen LogP contribution < -0.4 is 0 Å². The Hall–Kier alpha value is -0.720. The fraction of sp³-hybridized carbons (Fsp3) is 0.667. The van der Waals surface area contributed by atoms with Crippen molar-refractivity contribution in [2.45, 2.75) is 25.9 Å². The molecule has 0 N–H and O–H groups in total. The third-order valence-electron chi connectivity index (χ3n) is 1.54. The quantitative estimate of drug-likeness (QED) is 0.345. The van der Waals surface area contributed by atoms with Gasteiger partial charge in [-0.25, -0.2) is 0 Å². The molecule has 2 heteroatoms. The van der Waals surface area contributed by atoms with Gasteiger partial charge in [0.05, 0.1) is 12.2 Å². The molecule has 0 fully saturated rings. The predicted molar refractivity (Wildman–Crippen MR) is 45.4 cm³/mol. The number of hydrogen-bond donors (Lipinski definition) is 0. The van der Waals surface area contributed by atoms with Gasteiger partial charge in [0.2, 0.25) is 0 Å². The van der Waals surface area contributed by atoms with E-state index in [1.807, 2.05) is 13.8 Å². The van der Waals surface area contributed by atoms with Gasteiger partial charge in [-0.1, -0.05) is 12.3 Å². The van der Waals surface area contributed by atoms with Gasteiger partial charge in [-0.05, 0) is 13.8 Å². The zero-order chi connectivity index (χ0) is 8.74. The summed E-state index contributed by atoms with van der Waals surface area (Å²) in [7, 11) is 1.70. The van der Waals surface area contributed by atoms with Crippen molar-refractivity contribution in [1.29, 1.82) is 0 Å². The zero-order valence-corrected chi connectivity index (χ0v) is 7.52. The van der Waals surface area contributed by atoms with Gasteiger partial charge in [0, 0.05) is 13.5 Å². The van der Waals surface area contributed by atoms with Crippen LogP contribution in [-0.2, 0) is 9.47 Å². The van der Waals surface area contributed by atoms with E-state index in [4.69, 9.17) is 9.47 Å². The minimum absolute atomic E-state index is 0.102. The molecule has 0 aromatic rings. The lowest BCUT2D eigenvalue weighted by Crippen LogP contribution is -2.23. The second kappa shape index (κ2) is 5.00. The van der Waals surface area contributed by atoms with Crippen LogP contribution in [0.2, 0.25) is 0 Å². The Labute approximate surface area is 68.5 Å². The first-order chi connectivity index (χ1) is 5.12. The lowest BCUT2D eigenvalue weighted by atomic mass is 10.1. The van der Waals surface area contributed by atoms with Crippen LogP contribution in [0.5, 0.6) is 0 Å². The third-order valence-corrected chi connectivity index (χ3v) is 1.54. The fourth-order valence-electron chi connectivity index (χ4n) is 0.525. The van der Waals surface area contributed by atoms with Gasteiger partial charge in [0.25, 0.3) is 0 Å². The summed E-state index contributed by atoms with van der Waals surface area (Å²) in [5, 5.41) is 0. The summed E-state index contributed by atoms with van der Waals surface area (Å²) in [6.07, 6.45) is 2.33. The summed E-state index contributed by atoms with van der Waals surface area (Å²) in [4.78, 5) is 0. The first kappa shape index (κ1) is 10.3. The maximum Gasteiger partial charge on any atom is 0.124 e. The van der Waals surface area contributed by atoms with E-state index >= 15 is 0 Å². The standard InChI is InChI=1S/C9H16O2/c1-5-7-11-8-6-9(2,3)10-4/h7H,1,6,8H2,2-4H3. The largest absolute Gasteiger partial charge is 0.493 e. The van der Waals surface area contributed by atoms with Crippen LogP contribution in [0, 0.1) is 0 Å². The Morgan fingerprint density at radius 3 is 2.64 bits per heavy atom. The molecule has 2 nitrogen and oxygen atoms in total. The normalized spacial score (nSPS) is 10.5. The molecule has 0 amide bonds. The van der Waals surface area contributed by atoms with Crippen molar-refractivity contribution in [3.8, 4) is 0 Å². The van der Waals surface area contributed by atoms with Crippen molar-refractivity contribution in [2.24, 2.45) is 0 Å². The summed E-state index contributed by atoms with van der Waals surface area (Å²) >= 11 is 0. The second-order valence-corrected chi connectivity index (χ2v) is 2.91. The molecule has 0 aromatic heterocycles. The van der Waals surface area contributed by atoms with Crippen LogP contribution in [0.15, 0.2) is 18.6 Å². The van der Waals surface area contributed by atoms with Gasteiger partial charge in [0.1, 0.15) is 6.26 Å². The lowest BCUT2D eigenvalue weighted by molar-refractivity contribution is 0.00114. The Bertz CT molecular complexity index is 144. The van der Waals surface area contributed by atoms with Crippen LogP contribution in [0.4, 0.5) is 0 Å². The van der Waals surface area contributed by atoms with E-state index in [9.17, 15) is 0 Å². The summed E-state index contributed by atoms with van der Waals surface area (Å²) in [5.74, 6) is 0. The molecule has 0 unspecified atom stereocenters. The Morgan fingerprint density at radius 1 is 1.55 bits per heavy atom. The van der Waals surface area contributed by atoms with Crippen molar-refractivity contribution in [3.05, 3.63) is 18.6 Å². The second-order valence-electron chi connectivity index (χ2n) is 2.91. The highest BCUT2D eigenvalue weighted by molar-refractivity contribution is 4.69. The fourth-order valence-corrected chi connectivity index (χ4v) is 0.525. The molecule has 0 aromatic carbocycles. The van der Waals surface area contributed by atoms with Gasteiger partial charge in [-0.15, -0.1) is 0 Å². The monoisotopic (exact) mass is 156 g/mol. The van der Waals surface area contributed by atoms with Crippen LogP contribution in [-0.4, -0.2) is 19.3 Å². The molecule has 0 spiro atoms. The van der Waals surface area contributed by atoms with Crippen molar-refractivity contribution < 1.29 is 9.47 Å². The lowest BCUT2D eigenvalue weighted by Gasteiger charge is -2.21. The molecule has 0 radical (unpaired) electrons. The molecule has 0 bridgehead atoms. The van der Waals surface area contributed by atoms with Gasteiger partial charge in [-0.2, -0.15) is 0 Å². The topological polar surface area (TPSA) is 18.5 Å². The van der Waals surface area contributed by atoms with Gasteiger partial charge >= 0.3 is 0 Å². The predicted octanol–water partition coefficient (Wildman–Crippen LogP) is 2.12. The third kappa shape index (κ3) is 5.71. The molecule has 0 aliphatic rings. The SMILES string of the molecule is C=C=COCCC(C)(C)OC. The van der Waals surface area contributed by atoms with Crippen LogP contribution in [0.3, 0.4) is 0 Å². The number of rotatable bonds is 5. The highest BCUT2D eigenvalue weighted by atomic mass is 16.5. The number of ether oxygens (including phenoxy) is 2. The summed E-state index contributed by atoms with van der Waals surface area (Å²) in [5.41, 5.74) is 2.43. The Kier molecular flexibility index (Phi) is 4.67. The van der Waals surface area contributed by atoms with E-state index in [1.165, 1.54) is 6.26 Å². The first-order valence-corrected chi connectivity index (χ1v) is 3.63. The van der Waals surface area contributed by atoms with Crippen LogP contribution in [0.1, 0.15) is 20.3 Å². The zero-order valence-electron chi connectivity index (χ0n) is 7.52. The number of methoxy groups -OCH3 is 1. The van der Waals surface area contributed by atoms with Crippen molar-refractivity contribution >= 4 is 0 Å². The first-order valence-electron chi connectivity index (χ1n) is 3.63. The van der Waals surface area contributed by atoms with E-state index in [1.54, 1.807) is 7.11 Å². The minimum atomic E-state index is -0.102. The molecule has 0 heterocycles. The maximum absolute atomic E-state index is 5.19. The molecule has 0 saturated heterocycles. The maximum atomic E-state index is 5.19. The summed E-state index contributed by atoms with van der Waals surface area (Å²) in [6, 6.07) is 0. The molecule has 0 aliphatic heterocycles.